The third kappa shape index (κ3) is 2.74. The molecule has 17 heavy (non-hydrogen) atoms. The maximum absolute atomic E-state index is 11.2. The van der Waals surface area contributed by atoms with Crippen LogP contribution in [0.25, 0.3) is 0 Å². The molecule has 7 nitrogen and oxygen atoms in total. The SMILES string of the molecule is COc1cc(N2CCNC(=O)CC2)nc(N)n1. The second-order valence-corrected chi connectivity index (χ2v) is 3.71. The molecule has 1 saturated heterocycles. The number of rotatable bonds is 2. The molecule has 1 aromatic heterocycles. The number of aromatic nitrogens is 2. The average Bonchev–Trinajstić information content (AvgIpc) is 2.53. The van der Waals surface area contributed by atoms with Crippen LogP contribution >= 0.6 is 0 Å². The van der Waals surface area contributed by atoms with Crippen molar-refractivity contribution >= 4 is 17.7 Å². The molecule has 3 N–H and O–H groups in total. The van der Waals surface area contributed by atoms with Crippen molar-refractivity contribution in [2.24, 2.45) is 0 Å². The third-order valence-electron chi connectivity index (χ3n) is 2.55. The van der Waals surface area contributed by atoms with Crippen molar-refractivity contribution in [2.75, 3.05) is 37.4 Å². The summed E-state index contributed by atoms with van der Waals surface area (Å²) in [5, 5.41) is 2.80. The number of nitrogens with one attached hydrogen (secondary N) is 1. The largest absolute Gasteiger partial charge is 0.481 e. The number of anilines is 2. The Morgan fingerprint density at radius 2 is 2.29 bits per heavy atom. The Morgan fingerprint density at radius 1 is 1.47 bits per heavy atom. The second-order valence-electron chi connectivity index (χ2n) is 3.71. The molecule has 2 heterocycles. The summed E-state index contributed by atoms with van der Waals surface area (Å²) in [7, 11) is 1.53. The number of carbonyl (C=O) groups is 1. The number of hydrogen-bond donors (Lipinski definition) is 2. The molecule has 0 bridgehead atoms. The van der Waals surface area contributed by atoms with Crippen molar-refractivity contribution in [3.63, 3.8) is 0 Å². The average molecular weight is 237 g/mol. The van der Waals surface area contributed by atoms with E-state index in [9.17, 15) is 4.79 Å². The van der Waals surface area contributed by atoms with Gasteiger partial charge in [0, 0.05) is 32.1 Å². The zero-order chi connectivity index (χ0) is 12.3. The molecule has 92 valence electrons. The van der Waals surface area contributed by atoms with Gasteiger partial charge in [-0.15, -0.1) is 0 Å². The Balaban J connectivity index is 2.20. The maximum Gasteiger partial charge on any atom is 0.225 e. The summed E-state index contributed by atoms with van der Waals surface area (Å²) in [6, 6.07) is 1.71. The van der Waals surface area contributed by atoms with Gasteiger partial charge < -0.3 is 20.7 Å². The Hall–Kier alpha value is -2.05. The number of carbonyl (C=O) groups excluding carboxylic acids is 1. The lowest BCUT2D eigenvalue weighted by molar-refractivity contribution is -0.120. The fourth-order valence-corrected chi connectivity index (χ4v) is 1.69. The lowest BCUT2D eigenvalue weighted by Crippen LogP contribution is -2.29. The normalized spacial score (nSPS) is 16.3. The molecular formula is C10H15N5O2. The first-order valence-corrected chi connectivity index (χ1v) is 5.39. The van der Waals surface area contributed by atoms with Gasteiger partial charge in [-0.2, -0.15) is 9.97 Å². The Bertz CT molecular complexity index is 423. The molecule has 0 atom stereocenters. The summed E-state index contributed by atoms with van der Waals surface area (Å²) in [5.41, 5.74) is 5.60. The van der Waals surface area contributed by atoms with E-state index in [0.29, 0.717) is 37.8 Å². The second kappa shape index (κ2) is 4.86. The van der Waals surface area contributed by atoms with Crippen molar-refractivity contribution in [1.82, 2.24) is 15.3 Å². The molecule has 0 radical (unpaired) electrons. The van der Waals surface area contributed by atoms with E-state index in [1.165, 1.54) is 7.11 Å². The quantitative estimate of drug-likeness (QED) is 0.713. The Kier molecular flexibility index (Phi) is 3.27. The molecule has 0 aromatic carbocycles. The molecule has 2 rings (SSSR count). The molecule has 0 aliphatic carbocycles. The van der Waals surface area contributed by atoms with E-state index in [0.717, 1.165) is 0 Å². The van der Waals surface area contributed by atoms with Gasteiger partial charge in [0.15, 0.2) is 0 Å². The highest BCUT2D eigenvalue weighted by molar-refractivity contribution is 5.77. The highest BCUT2D eigenvalue weighted by atomic mass is 16.5. The highest BCUT2D eigenvalue weighted by Gasteiger charge is 2.16. The number of nitrogens with two attached hydrogens (primary N) is 1. The maximum atomic E-state index is 11.2. The summed E-state index contributed by atoms with van der Waals surface area (Å²) in [6.45, 7) is 1.92. The van der Waals surface area contributed by atoms with Crippen LogP contribution in [-0.2, 0) is 4.79 Å². The van der Waals surface area contributed by atoms with E-state index in [2.05, 4.69) is 15.3 Å². The van der Waals surface area contributed by atoms with Crippen LogP contribution in [0, 0.1) is 0 Å². The monoisotopic (exact) mass is 237 g/mol. The van der Waals surface area contributed by atoms with Gasteiger partial charge >= 0.3 is 0 Å². The summed E-state index contributed by atoms with van der Waals surface area (Å²) in [6.07, 6.45) is 0.451. The first-order chi connectivity index (χ1) is 8.19. The molecule has 1 aliphatic heterocycles. The lowest BCUT2D eigenvalue weighted by Gasteiger charge is -2.20. The number of nitrogen functional groups attached to an aromatic ring is 1. The fraction of sp³-hybridized carbons (Fsp3) is 0.500. The van der Waals surface area contributed by atoms with Crippen LogP contribution in [0.3, 0.4) is 0 Å². The standard InChI is InChI=1S/C10H15N5O2/c1-17-9-6-7(13-10(11)14-9)15-4-2-8(16)12-3-5-15/h6H,2-5H2,1H3,(H,12,16)(H2,11,13,14). The fourth-order valence-electron chi connectivity index (χ4n) is 1.69. The van der Waals surface area contributed by atoms with Crippen LogP contribution in [0.5, 0.6) is 5.88 Å². The van der Waals surface area contributed by atoms with Crippen LogP contribution < -0.4 is 20.7 Å². The number of ether oxygens (including phenoxy) is 1. The van der Waals surface area contributed by atoms with Gasteiger partial charge in [-0.3, -0.25) is 4.79 Å². The number of amides is 1. The van der Waals surface area contributed by atoms with Gasteiger partial charge in [-0.25, -0.2) is 0 Å². The van der Waals surface area contributed by atoms with Gasteiger partial charge in [-0.05, 0) is 0 Å². The summed E-state index contributed by atoms with van der Waals surface area (Å²) >= 11 is 0. The summed E-state index contributed by atoms with van der Waals surface area (Å²) in [4.78, 5) is 21.3. The predicted molar refractivity (Wildman–Crippen MR) is 62.8 cm³/mol. The zero-order valence-electron chi connectivity index (χ0n) is 9.64. The van der Waals surface area contributed by atoms with Crippen molar-refractivity contribution < 1.29 is 9.53 Å². The Morgan fingerprint density at radius 3 is 3.06 bits per heavy atom. The molecule has 1 aromatic rings. The van der Waals surface area contributed by atoms with E-state index < -0.39 is 0 Å². The summed E-state index contributed by atoms with van der Waals surface area (Å²) < 4.78 is 5.04. The van der Waals surface area contributed by atoms with Crippen LogP contribution in [-0.4, -0.2) is 42.6 Å². The van der Waals surface area contributed by atoms with Gasteiger partial charge in [0.25, 0.3) is 0 Å². The van der Waals surface area contributed by atoms with Crippen molar-refractivity contribution in [3.8, 4) is 5.88 Å². The van der Waals surface area contributed by atoms with Gasteiger partial charge in [0.2, 0.25) is 17.7 Å². The molecule has 0 unspecified atom stereocenters. The molecule has 1 amide bonds. The highest BCUT2D eigenvalue weighted by Crippen LogP contribution is 2.18. The van der Waals surface area contributed by atoms with Crippen molar-refractivity contribution in [1.29, 1.82) is 0 Å². The first-order valence-electron chi connectivity index (χ1n) is 5.39. The molecular weight excluding hydrogens is 222 g/mol. The van der Waals surface area contributed by atoms with Crippen LogP contribution in [0.1, 0.15) is 6.42 Å². The van der Waals surface area contributed by atoms with Gasteiger partial charge in [0.1, 0.15) is 5.82 Å². The van der Waals surface area contributed by atoms with E-state index in [-0.39, 0.29) is 11.9 Å². The van der Waals surface area contributed by atoms with Gasteiger partial charge in [-0.1, -0.05) is 0 Å². The smallest absolute Gasteiger partial charge is 0.225 e. The lowest BCUT2D eigenvalue weighted by atomic mass is 10.3. The zero-order valence-corrected chi connectivity index (χ0v) is 9.64. The van der Waals surface area contributed by atoms with Crippen LogP contribution in [0.4, 0.5) is 11.8 Å². The van der Waals surface area contributed by atoms with Crippen molar-refractivity contribution in [3.05, 3.63) is 6.07 Å². The van der Waals surface area contributed by atoms with E-state index in [4.69, 9.17) is 10.5 Å². The topological polar surface area (TPSA) is 93.4 Å². The number of nitrogens with zero attached hydrogens (tertiary/aromatic N) is 3. The molecule has 1 fully saturated rings. The van der Waals surface area contributed by atoms with Crippen LogP contribution in [0.2, 0.25) is 0 Å². The van der Waals surface area contributed by atoms with Gasteiger partial charge in [0.05, 0.1) is 7.11 Å². The van der Waals surface area contributed by atoms with Crippen LogP contribution in [0.15, 0.2) is 6.07 Å². The molecule has 1 aliphatic rings. The van der Waals surface area contributed by atoms with E-state index in [1.807, 2.05) is 4.90 Å². The molecule has 7 heteroatoms. The molecule has 0 saturated carbocycles. The Labute approximate surface area is 99.0 Å². The minimum Gasteiger partial charge on any atom is -0.481 e. The minimum atomic E-state index is 0.0569. The minimum absolute atomic E-state index is 0.0569. The summed E-state index contributed by atoms with van der Waals surface area (Å²) in [5.74, 6) is 1.34. The van der Waals surface area contributed by atoms with E-state index in [1.54, 1.807) is 6.07 Å². The number of hydrogen-bond acceptors (Lipinski definition) is 6. The molecule has 0 spiro atoms. The third-order valence-corrected chi connectivity index (χ3v) is 2.55. The first kappa shape index (κ1) is 11.4. The van der Waals surface area contributed by atoms with E-state index >= 15 is 0 Å². The van der Waals surface area contributed by atoms with Crippen molar-refractivity contribution in [2.45, 2.75) is 6.42 Å². The number of methoxy groups -OCH3 is 1. The predicted octanol–water partition coefficient (Wildman–Crippen LogP) is -0.606.